The first kappa shape index (κ1) is 22.5. The third kappa shape index (κ3) is 4.44. The van der Waals surface area contributed by atoms with Crippen molar-refractivity contribution >= 4 is 22.9 Å². The molecule has 1 saturated carbocycles. The second-order valence-corrected chi connectivity index (χ2v) is 10.4. The summed E-state index contributed by atoms with van der Waals surface area (Å²) in [6.45, 7) is 5.95. The fourth-order valence-electron chi connectivity index (χ4n) is 5.99. The average molecular weight is 455 g/mol. The van der Waals surface area contributed by atoms with Crippen molar-refractivity contribution < 1.29 is 14.0 Å². The van der Waals surface area contributed by atoms with Gasteiger partial charge < -0.3 is 24.1 Å². The van der Waals surface area contributed by atoms with Crippen LogP contribution in [-0.2, 0) is 11.3 Å². The van der Waals surface area contributed by atoms with Crippen molar-refractivity contribution in [2.75, 3.05) is 26.2 Å². The largest absolute Gasteiger partial charge is 0.463 e. The molecule has 2 aromatic rings. The predicted molar refractivity (Wildman–Crippen MR) is 128 cm³/mol. The molecule has 4 heterocycles. The molecule has 0 aromatic carbocycles. The maximum atomic E-state index is 13.8. The van der Waals surface area contributed by atoms with Gasteiger partial charge in [0.2, 0.25) is 5.91 Å². The molecular formula is C26H38N4O3. The molecule has 1 atom stereocenters. The van der Waals surface area contributed by atoms with E-state index < -0.39 is 5.54 Å². The number of likely N-dealkylation sites (tertiary alicyclic amines) is 1. The Morgan fingerprint density at radius 1 is 1.06 bits per heavy atom. The Morgan fingerprint density at radius 3 is 2.48 bits per heavy atom. The molecule has 2 amide bonds. The summed E-state index contributed by atoms with van der Waals surface area (Å²) in [7, 11) is 0. The zero-order valence-corrected chi connectivity index (χ0v) is 20.0. The lowest BCUT2D eigenvalue weighted by atomic mass is 9.93. The highest BCUT2D eigenvalue weighted by atomic mass is 16.3. The number of rotatable bonds is 5. The SMILES string of the molecule is C[C@@]1(C(=O)NC2CCCCCC2)Cn2c(cc3occc32)C(=O)N1CCN1CCCCCC1. The molecule has 1 saturated heterocycles. The minimum absolute atomic E-state index is 0.0189. The van der Waals surface area contributed by atoms with Gasteiger partial charge in [-0.1, -0.05) is 38.5 Å². The molecule has 2 aromatic heterocycles. The lowest BCUT2D eigenvalue weighted by Gasteiger charge is -2.45. The van der Waals surface area contributed by atoms with Crippen molar-refractivity contribution in [1.29, 1.82) is 0 Å². The summed E-state index contributed by atoms with van der Waals surface area (Å²) in [5, 5.41) is 3.35. The maximum Gasteiger partial charge on any atom is 0.271 e. The van der Waals surface area contributed by atoms with Crippen LogP contribution >= 0.6 is 0 Å². The zero-order chi connectivity index (χ0) is 22.8. The lowest BCUT2D eigenvalue weighted by molar-refractivity contribution is -0.133. The summed E-state index contributed by atoms with van der Waals surface area (Å²) in [6, 6.07) is 3.93. The van der Waals surface area contributed by atoms with Crippen LogP contribution in [0.1, 0.15) is 81.6 Å². The first-order chi connectivity index (χ1) is 16.1. The number of nitrogens with one attached hydrogen (secondary N) is 1. The Balaban J connectivity index is 1.41. The molecule has 0 radical (unpaired) electrons. The number of carbonyl (C=O) groups excluding carboxylic acids is 2. The fraction of sp³-hybridized carbons (Fsp3) is 0.692. The Kier molecular flexibility index (Phi) is 6.50. The van der Waals surface area contributed by atoms with Crippen molar-refractivity contribution in [3.05, 3.63) is 24.1 Å². The molecular weight excluding hydrogens is 416 g/mol. The molecule has 2 aliphatic heterocycles. The number of fused-ring (bicyclic) bond motifs is 3. The molecule has 7 nitrogen and oxygen atoms in total. The monoisotopic (exact) mass is 454 g/mol. The molecule has 7 heteroatoms. The van der Waals surface area contributed by atoms with Crippen LogP contribution in [0.4, 0.5) is 0 Å². The Bertz CT molecular complexity index is 979. The maximum absolute atomic E-state index is 13.8. The Morgan fingerprint density at radius 2 is 1.76 bits per heavy atom. The summed E-state index contributed by atoms with van der Waals surface area (Å²) < 4.78 is 7.57. The van der Waals surface area contributed by atoms with Crippen LogP contribution in [0.2, 0.25) is 0 Å². The van der Waals surface area contributed by atoms with E-state index in [4.69, 9.17) is 4.42 Å². The van der Waals surface area contributed by atoms with Crippen LogP contribution in [0.15, 0.2) is 22.8 Å². The topological polar surface area (TPSA) is 70.7 Å². The van der Waals surface area contributed by atoms with Crippen LogP contribution in [0, 0.1) is 0 Å². The number of furan rings is 1. The van der Waals surface area contributed by atoms with Gasteiger partial charge in [0.15, 0.2) is 5.58 Å². The minimum Gasteiger partial charge on any atom is -0.463 e. The minimum atomic E-state index is -0.925. The zero-order valence-electron chi connectivity index (χ0n) is 20.0. The first-order valence-electron chi connectivity index (χ1n) is 13.0. The molecule has 33 heavy (non-hydrogen) atoms. The second kappa shape index (κ2) is 9.53. The highest BCUT2D eigenvalue weighted by Crippen LogP contribution is 2.33. The van der Waals surface area contributed by atoms with E-state index in [1.165, 1.54) is 38.5 Å². The molecule has 5 rings (SSSR count). The lowest BCUT2D eigenvalue weighted by Crippen LogP contribution is -2.65. The standard InChI is InChI=1S/C26H38N4O3/c1-26(25(32)27-20-10-6-2-3-7-11-20)19-29-21-12-17-33-23(21)18-22(29)24(31)30(26)16-15-28-13-8-4-5-9-14-28/h12,17-18,20H,2-11,13-16,19H2,1H3,(H,27,32)/t26-/m0/s1. The number of aromatic nitrogens is 1. The van der Waals surface area contributed by atoms with Gasteiger partial charge in [-0.05, 0) is 45.7 Å². The van der Waals surface area contributed by atoms with Crippen LogP contribution in [0.25, 0.3) is 11.1 Å². The highest BCUT2D eigenvalue weighted by molar-refractivity contribution is 6.02. The smallest absolute Gasteiger partial charge is 0.271 e. The van der Waals surface area contributed by atoms with Crippen LogP contribution in [-0.4, -0.2) is 63.9 Å². The Hall–Kier alpha value is -2.28. The van der Waals surface area contributed by atoms with E-state index in [2.05, 4.69) is 10.2 Å². The van der Waals surface area contributed by atoms with Gasteiger partial charge in [0.25, 0.3) is 5.91 Å². The van der Waals surface area contributed by atoms with Gasteiger partial charge in [-0.25, -0.2) is 0 Å². The van der Waals surface area contributed by atoms with Crippen molar-refractivity contribution in [1.82, 2.24) is 19.7 Å². The average Bonchev–Trinajstić information content (AvgIpc) is 3.15. The summed E-state index contributed by atoms with van der Waals surface area (Å²) in [5.74, 6) is -0.0874. The predicted octanol–water partition coefficient (Wildman–Crippen LogP) is 4.16. The number of amides is 2. The summed E-state index contributed by atoms with van der Waals surface area (Å²) in [5.41, 5.74) is 1.30. The van der Waals surface area contributed by atoms with Crippen LogP contribution in [0.3, 0.4) is 0 Å². The summed E-state index contributed by atoms with van der Waals surface area (Å²) in [4.78, 5) is 31.9. The number of hydrogen-bond donors (Lipinski definition) is 1. The van der Waals surface area contributed by atoms with Gasteiger partial charge in [0.05, 0.1) is 18.3 Å². The van der Waals surface area contributed by atoms with Gasteiger partial charge in [-0.3, -0.25) is 9.59 Å². The van der Waals surface area contributed by atoms with Crippen molar-refractivity contribution in [3.63, 3.8) is 0 Å². The van der Waals surface area contributed by atoms with Gasteiger partial charge in [0, 0.05) is 31.3 Å². The van der Waals surface area contributed by atoms with E-state index >= 15 is 0 Å². The van der Waals surface area contributed by atoms with E-state index in [1.54, 1.807) is 6.26 Å². The third-order valence-corrected chi connectivity index (χ3v) is 8.07. The quantitative estimate of drug-likeness (QED) is 0.689. The van der Waals surface area contributed by atoms with E-state index in [0.717, 1.165) is 50.8 Å². The van der Waals surface area contributed by atoms with Gasteiger partial charge in [-0.15, -0.1) is 0 Å². The molecule has 0 spiro atoms. The van der Waals surface area contributed by atoms with E-state index in [1.807, 2.05) is 28.5 Å². The number of carbonyl (C=O) groups is 2. The third-order valence-electron chi connectivity index (χ3n) is 8.07. The molecule has 1 aliphatic carbocycles. The Labute approximate surface area is 196 Å². The fourth-order valence-corrected chi connectivity index (χ4v) is 5.99. The summed E-state index contributed by atoms with van der Waals surface area (Å²) >= 11 is 0. The van der Waals surface area contributed by atoms with Crippen molar-refractivity contribution in [2.24, 2.45) is 0 Å². The number of hydrogen-bond acceptors (Lipinski definition) is 4. The van der Waals surface area contributed by atoms with Crippen molar-refractivity contribution in [3.8, 4) is 0 Å². The first-order valence-corrected chi connectivity index (χ1v) is 13.0. The number of nitrogens with zero attached hydrogens (tertiary/aromatic N) is 3. The van der Waals surface area contributed by atoms with Gasteiger partial charge >= 0.3 is 0 Å². The molecule has 0 unspecified atom stereocenters. The molecule has 2 fully saturated rings. The molecule has 0 bridgehead atoms. The van der Waals surface area contributed by atoms with Crippen molar-refractivity contribution in [2.45, 2.75) is 89.3 Å². The van der Waals surface area contributed by atoms with Crippen LogP contribution in [0.5, 0.6) is 0 Å². The highest BCUT2D eigenvalue weighted by Gasteiger charge is 2.48. The van der Waals surface area contributed by atoms with Crippen LogP contribution < -0.4 is 5.32 Å². The van der Waals surface area contributed by atoms with Gasteiger partial charge in [0.1, 0.15) is 11.2 Å². The second-order valence-electron chi connectivity index (χ2n) is 10.4. The van der Waals surface area contributed by atoms with E-state index in [9.17, 15) is 9.59 Å². The van der Waals surface area contributed by atoms with E-state index in [-0.39, 0.29) is 17.9 Å². The normalized spacial score (nSPS) is 25.6. The molecule has 3 aliphatic rings. The summed E-state index contributed by atoms with van der Waals surface area (Å²) in [6.07, 6.45) is 13.5. The van der Waals surface area contributed by atoms with Gasteiger partial charge in [-0.2, -0.15) is 0 Å². The van der Waals surface area contributed by atoms with E-state index in [0.29, 0.717) is 24.4 Å². The molecule has 180 valence electrons. The molecule has 1 N–H and O–H groups in total.